The molecular formula is C106H62N8. The minimum atomic E-state index is 0.886. The monoisotopic (exact) mass is 1450 g/mol. The van der Waals surface area contributed by atoms with Gasteiger partial charge in [0.2, 0.25) is 0 Å². The lowest BCUT2D eigenvalue weighted by molar-refractivity contribution is 1.33. The van der Waals surface area contributed by atoms with Crippen molar-refractivity contribution in [3.63, 3.8) is 0 Å². The Morgan fingerprint density at radius 2 is 0.588 bits per heavy atom. The highest BCUT2D eigenvalue weighted by molar-refractivity contribution is 6.29. The minimum absolute atomic E-state index is 0.886. The Morgan fingerprint density at radius 3 is 1.15 bits per heavy atom. The lowest BCUT2D eigenvalue weighted by atomic mass is 9.87. The lowest BCUT2D eigenvalue weighted by Gasteiger charge is -2.17. The molecule has 0 N–H and O–H groups in total. The summed E-state index contributed by atoms with van der Waals surface area (Å²) in [5.74, 6) is 0. The van der Waals surface area contributed by atoms with E-state index in [0.29, 0.717) is 0 Å². The molecule has 0 amide bonds. The normalized spacial score (nSPS) is 11.9. The largest absolute Gasteiger partial charge is 0.264 e. The molecule has 0 aliphatic carbocycles. The van der Waals surface area contributed by atoms with E-state index in [1.807, 2.05) is 73.6 Å². The molecule has 526 valence electrons. The minimum Gasteiger partial charge on any atom is -0.264 e. The molecule has 0 aliphatic rings. The van der Waals surface area contributed by atoms with Gasteiger partial charge >= 0.3 is 0 Å². The Bertz CT molecular complexity index is 8050. The molecule has 0 aliphatic heterocycles. The average molecular weight is 1450 g/mol. The van der Waals surface area contributed by atoms with Gasteiger partial charge in [-0.15, -0.1) is 0 Å². The van der Waals surface area contributed by atoms with Gasteiger partial charge < -0.3 is 0 Å². The molecule has 16 aromatic carbocycles. The van der Waals surface area contributed by atoms with Gasteiger partial charge in [0.25, 0.3) is 0 Å². The summed E-state index contributed by atoms with van der Waals surface area (Å²) in [6, 6.07) is 122. The molecular weight excluding hydrogens is 1390 g/mol. The van der Waals surface area contributed by atoms with Crippen LogP contribution in [0.4, 0.5) is 0 Å². The number of rotatable bonds is 9. The SMILES string of the molecule is c1cc(-c2ccc3ccc4ccc(-c5cncc6ccccc56)nc4c3n2)cc(-c2ccc3ccc4c(-c5cnc6ccccc6c5)ccc5ccc2c3c54)c1.c1cncc(-c2ccc(-c3ccc4ccc5c(-c6cccc(-c7ccc8ccc9ccc(-c%10cccc%11ncccc%10%11)nc9c8n7)c6)ccc6ccc3c4c65)cc2)c1. The maximum absolute atomic E-state index is 5.32. The molecule has 114 heavy (non-hydrogen) atoms. The Labute approximate surface area is 654 Å². The predicted molar refractivity (Wildman–Crippen MR) is 474 cm³/mol. The van der Waals surface area contributed by atoms with Crippen molar-refractivity contribution < 1.29 is 0 Å². The van der Waals surface area contributed by atoms with Gasteiger partial charge in [-0.2, -0.15) is 0 Å². The van der Waals surface area contributed by atoms with Crippen LogP contribution in [-0.2, 0) is 0 Å². The molecule has 0 bridgehead atoms. The second-order valence-corrected chi connectivity index (χ2v) is 29.7. The summed E-state index contributed by atoms with van der Waals surface area (Å²) in [5, 5.41) is 23.8. The maximum Gasteiger partial charge on any atom is 0.0972 e. The first-order chi connectivity index (χ1) is 56.5. The number of hydrogen-bond donors (Lipinski definition) is 0. The molecule has 0 spiro atoms. The van der Waals surface area contributed by atoms with E-state index in [2.05, 4.69) is 318 Å². The summed E-state index contributed by atoms with van der Waals surface area (Å²) < 4.78 is 0. The molecule has 8 heterocycles. The van der Waals surface area contributed by atoms with Crippen molar-refractivity contribution in [2.24, 2.45) is 0 Å². The van der Waals surface area contributed by atoms with Gasteiger partial charge in [0.05, 0.1) is 55.9 Å². The molecule has 0 unspecified atom stereocenters. The Hall–Kier alpha value is -15.4. The van der Waals surface area contributed by atoms with Crippen molar-refractivity contribution in [1.29, 1.82) is 0 Å². The van der Waals surface area contributed by atoms with Gasteiger partial charge in [-0.25, -0.2) is 19.9 Å². The molecule has 0 radical (unpaired) electrons. The topological polar surface area (TPSA) is 103 Å². The van der Waals surface area contributed by atoms with Gasteiger partial charge in [-0.05, 0) is 187 Å². The maximum atomic E-state index is 5.32. The number of aromatic nitrogens is 8. The van der Waals surface area contributed by atoms with Gasteiger partial charge in [-0.1, -0.05) is 273 Å². The van der Waals surface area contributed by atoms with Crippen molar-refractivity contribution in [2.45, 2.75) is 0 Å². The Balaban J connectivity index is 0.000000135. The van der Waals surface area contributed by atoms with Crippen LogP contribution in [0.25, 0.3) is 241 Å². The zero-order valence-corrected chi connectivity index (χ0v) is 61.4. The van der Waals surface area contributed by atoms with Crippen LogP contribution in [0.5, 0.6) is 0 Å². The van der Waals surface area contributed by atoms with Crippen LogP contribution in [0.1, 0.15) is 0 Å². The van der Waals surface area contributed by atoms with Gasteiger partial charge in [0.15, 0.2) is 0 Å². The molecule has 8 heteroatoms. The zero-order chi connectivity index (χ0) is 74.9. The van der Waals surface area contributed by atoms with Crippen LogP contribution in [0.3, 0.4) is 0 Å². The van der Waals surface area contributed by atoms with Crippen LogP contribution in [0.2, 0.25) is 0 Å². The highest BCUT2D eigenvalue weighted by Crippen LogP contribution is 2.47. The van der Waals surface area contributed by atoms with Gasteiger partial charge in [0, 0.05) is 103 Å². The number of benzene rings is 16. The molecule has 0 atom stereocenters. The highest BCUT2D eigenvalue weighted by atomic mass is 14.8. The highest BCUT2D eigenvalue weighted by Gasteiger charge is 2.21. The fraction of sp³-hybridized carbons (Fsp3) is 0. The number of fused-ring (bicyclic) bond motifs is 9. The van der Waals surface area contributed by atoms with E-state index in [1.54, 1.807) is 0 Å². The van der Waals surface area contributed by atoms with Crippen molar-refractivity contribution in [3.8, 4) is 101 Å². The summed E-state index contributed by atoms with van der Waals surface area (Å²) in [5.41, 5.74) is 25.1. The summed E-state index contributed by atoms with van der Waals surface area (Å²) >= 11 is 0. The number of para-hydroxylation sites is 1. The number of hydrogen-bond acceptors (Lipinski definition) is 8. The van der Waals surface area contributed by atoms with E-state index < -0.39 is 0 Å². The van der Waals surface area contributed by atoms with Crippen molar-refractivity contribution in [1.82, 2.24) is 39.9 Å². The zero-order valence-electron chi connectivity index (χ0n) is 61.4. The van der Waals surface area contributed by atoms with Crippen LogP contribution in [-0.4, -0.2) is 39.9 Å². The smallest absolute Gasteiger partial charge is 0.0972 e. The summed E-state index contributed by atoms with van der Waals surface area (Å²) in [4.78, 5) is 39.3. The van der Waals surface area contributed by atoms with E-state index in [-0.39, 0.29) is 0 Å². The van der Waals surface area contributed by atoms with Crippen molar-refractivity contribution in [2.75, 3.05) is 0 Å². The molecule has 0 saturated carbocycles. The molecule has 24 rings (SSSR count). The third-order valence-corrected chi connectivity index (χ3v) is 23.3. The van der Waals surface area contributed by atoms with Gasteiger partial charge in [-0.3, -0.25) is 19.9 Å². The second-order valence-electron chi connectivity index (χ2n) is 29.7. The lowest BCUT2D eigenvalue weighted by Crippen LogP contribution is -1.92. The van der Waals surface area contributed by atoms with Crippen LogP contribution < -0.4 is 0 Å². The van der Waals surface area contributed by atoms with E-state index in [9.17, 15) is 0 Å². The molecule has 0 fully saturated rings. The third-order valence-electron chi connectivity index (χ3n) is 23.3. The number of nitrogens with zero attached hydrogens (tertiary/aromatic N) is 8. The van der Waals surface area contributed by atoms with Crippen molar-refractivity contribution >= 4 is 141 Å². The quantitative estimate of drug-likeness (QED) is 0.132. The summed E-state index contributed by atoms with van der Waals surface area (Å²) in [7, 11) is 0. The standard InChI is InChI=1S/C54H32N4.C52H30N4/c1-5-39(31-40(6-1)48-27-21-37-15-16-38-22-28-50(58-54(38)53(37)57-48)45-8-2-10-49-44(45)9-4-30-56-49)43-24-18-36-19-25-46-42(23-17-35-20-26-47(43)52(36)51(35)46)34-13-11-33(12-14-34)41-7-3-29-55-32-41;1-3-10-40-38(7-1)28-53-30-45(40)48-25-19-34-13-12-33-18-24-47(55-51(33)52(34)56-48)37-9-5-8-35(26-37)41-20-14-31-17-23-44-42(21-15-32-16-22-43(41)49(31)50(32)44)39-27-36-6-2-4-11-46(36)54-29-39/h1-32H;1-30H. The first kappa shape index (κ1) is 64.6. The molecule has 8 aromatic heterocycles. The summed E-state index contributed by atoms with van der Waals surface area (Å²) in [6.45, 7) is 0. The van der Waals surface area contributed by atoms with E-state index in [0.717, 1.165) is 149 Å². The average Bonchev–Trinajstić information content (AvgIpc) is 0.726. The Morgan fingerprint density at radius 1 is 0.167 bits per heavy atom. The Kier molecular flexibility index (Phi) is 14.8. The van der Waals surface area contributed by atoms with Crippen molar-refractivity contribution in [3.05, 3.63) is 377 Å². The predicted octanol–water partition coefficient (Wildman–Crippen LogP) is 27.4. The third kappa shape index (κ3) is 10.8. The van der Waals surface area contributed by atoms with E-state index in [1.165, 1.54) is 92.5 Å². The second kappa shape index (κ2) is 26.2. The summed E-state index contributed by atoms with van der Waals surface area (Å²) in [6.07, 6.45) is 11.4. The van der Waals surface area contributed by atoms with Crippen LogP contribution >= 0.6 is 0 Å². The molecule has 0 saturated heterocycles. The van der Waals surface area contributed by atoms with Crippen LogP contribution in [0, 0.1) is 0 Å². The fourth-order valence-electron chi connectivity index (χ4n) is 17.7. The fourth-order valence-corrected chi connectivity index (χ4v) is 17.7. The first-order valence-corrected chi connectivity index (χ1v) is 38.5. The van der Waals surface area contributed by atoms with E-state index >= 15 is 0 Å². The molecule has 8 nitrogen and oxygen atoms in total. The van der Waals surface area contributed by atoms with Gasteiger partial charge in [0.1, 0.15) is 0 Å². The molecule has 24 aromatic rings. The number of pyridine rings is 8. The first-order valence-electron chi connectivity index (χ1n) is 38.5. The van der Waals surface area contributed by atoms with Crippen LogP contribution in [0.15, 0.2) is 377 Å². The van der Waals surface area contributed by atoms with E-state index in [4.69, 9.17) is 24.9 Å².